The van der Waals surface area contributed by atoms with Crippen LogP contribution in [0.5, 0.6) is 0 Å². The van der Waals surface area contributed by atoms with Gasteiger partial charge < -0.3 is 15.2 Å². The largest absolute Gasteiger partial charge is 0.373 e. The van der Waals surface area contributed by atoms with E-state index in [9.17, 15) is 4.79 Å². The van der Waals surface area contributed by atoms with Crippen LogP contribution >= 0.6 is 0 Å². The van der Waals surface area contributed by atoms with Gasteiger partial charge in [-0.1, -0.05) is 19.0 Å². The van der Waals surface area contributed by atoms with E-state index in [1.165, 1.54) is 0 Å². The minimum atomic E-state index is -0.196. The molecule has 2 N–H and O–H groups in total. The van der Waals surface area contributed by atoms with Crippen molar-refractivity contribution in [3.8, 4) is 0 Å². The van der Waals surface area contributed by atoms with E-state index >= 15 is 0 Å². The van der Waals surface area contributed by atoms with Crippen LogP contribution in [-0.4, -0.2) is 28.1 Å². The Bertz CT molecular complexity index is 636. The fourth-order valence-corrected chi connectivity index (χ4v) is 1.78. The first kappa shape index (κ1) is 15.0. The lowest BCUT2D eigenvalue weighted by atomic mass is 10.1. The number of nitrogens with zero attached hydrogens (tertiary/aromatic N) is 3. The second kappa shape index (κ2) is 6.34. The molecule has 7 nitrogen and oxygen atoms in total. The van der Waals surface area contributed by atoms with Crippen LogP contribution in [-0.2, 0) is 6.54 Å². The smallest absolute Gasteiger partial charge is 0.251 e. The minimum Gasteiger partial charge on any atom is -0.373 e. The van der Waals surface area contributed by atoms with Crippen molar-refractivity contribution in [3.63, 3.8) is 0 Å². The van der Waals surface area contributed by atoms with Crippen LogP contribution in [0.25, 0.3) is 0 Å². The van der Waals surface area contributed by atoms with Crippen LogP contribution in [0, 0.1) is 6.92 Å². The van der Waals surface area contributed by atoms with Crippen LogP contribution in [0.4, 0.5) is 5.82 Å². The van der Waals surface area contributed by atoms with Gasteiger partial charge in [-0.3, -0.25) is 4.79 Å². The minimum absolute atomic E-state index is 0.196. The van der Waals surface area contributed by atoms with Crippen LogP contribution in [0.1, 0.15) is 47.5 Å². The zero-order valence-electron chi connectivity index (χ0n) is 12.6. The second-order valence-corrected chi connectivity index (χ2v) is 4.98. The highest BCUT2D eigenvalue weighted by molar-refractivity contribution is 5.94. The number of pyridine rings is 1. The topological polar surface area (TPSA) is 92.9 Å². The first-order valence-electron chi connectivity index (χ1n) is 6.76. The van der Waals surface area contributed by atoms with E-state index < -0.39 is 0 Å². The van der Waals surface area contributed by atoms with Gasteiger partial charge in [-0.15, -0.1) is 0 Å². The zero-order valence-corrected chi connectivity index (χ0v) is 12.6. The maximum absolute atomic E-state index is 12.2. The van der Waals surface area contributed by atoms with Gasteiger partial charge in [0.15, 0.2) is 5.82 Å². The molecule has 0 fully saturated rings. The molecule has 2 heterocycles. The molecule has 0 atom stereocenters. The van der Waals surface area contributed by atoms with Crippen LogP contribution in [0.15, 0.2) is 16.7 Å². The lowest BCUT2D eigenvalue weighted by molar-refractivity contribution is 0.0949. The van der Waals surface area contributed by atoms with E-state index in [0.717, 1.165) is 5.69 Å². The Balaban J connectivity index is 2.12. The number of aryl methyl sites for hydroxylation is 1. The van der Waals surface area contributed by atoms with Crippen molar-refractivity contribution in [3.05, 3.63) is 35.1 Å². The molecule has 112 valence electrons. The van der Waals surface area contributed by atoms with Crippen molar-refractivity contribution < 1.29 is 9.32 Å². The maximum atomic E-state index is 12.2. The summed E-state index contributed by atoms with van der Waals surface area (Å²) in [6.07, 6.45) is 0. The molecule has 0 unspecified atom stereocenters. The molecule has 0 saturated heterocycles. The average molecular weight is 289 g/mol. The standard InChI is InChI=1S/C14H19N5O2/c1-8(2)11-5-10(6-12(15-4)18-11)14(20)16-7-13-17-9(3)21-19-13/h5-6,8H,7H2,1-4H3,(H,15,18)(H,16,20). The number of nitrogens with one attached hydrogen (secondary N) is 2. The van der Waals surface area contributed by atoms with Crippen molar-refractivity contribution in [1.29, 1.82) is 0 Å². The van der Waals surface area contributed by atoms with Gasteiger partial charge in [0.25, 0.3) is 5.91 Å². The molecule has 2 aromatic rings. The van der Waals surface area contributed by atoms with Gasteiger partial charge in [-0.2, -0.15) is 4.98 Å². The van der Waals surface area contributed by atoms with Gasteiger partial charge in [0, 0.05) is 25.2 Å². The Labute approximate surface area is 123 Å². The average Bonchev–Trinajstić information content (AvgIpc) is 2.89. The molecule has 2 rings (SSSR count). The Kier molecular flexibility index (Phi) is 4.52. The quantitative estimate of drug-likeness (QED) is 0.872. The molecule has 0 aliphatic rings. The number of hydrogen-bond donors (Lipinski definition) is 2. The molecular weight excluding hydrogens is 270 g/mol. The number of carbonyl (C=O) groups is 1. The van der Waals surface area contributed by atoms with Crippen LogP contribution in [0.2, 0.25) is 0 Å². The van der Waals surface area contributed by atoms with Crippen molar-refractivity contribution in [2.75, 3.05) is 12.4 Å². The van der Waals surface area contributed by atoms with E-state index in [1.807, 2.05) is 13.8 Å². The third-order valence-electron chi connectivity index (χ3n) is 2.93. The number of aromatic nitrogens is 3. The molecular formula is C14H19N5O2. The normalized spacial score (nSPS) is 10.7. The van der Waals surface area contributed by atoms with E-state index in [0.29, 0.717) is 23.1 Å². The summed E-state index contributed by atoms with van der Waals surface area (Å²) in [7, 11) is 1.77. The van der Waals surface area contributed by atoms with Gasteiger partial charge in [0.2, 0.25) is 5.89 Å². The predicted octanol–water partition coefficient (Wildman–Crippen LogP) is 1.87. The Morgan fingerprint density at radius 1 is 1.33 bits per heavy atom. The highest BCUT2D eigenvalue weighted by Crippen LogP contribution is 2.17. The summed E-state index contributed by atoms with van der Waals surface area (Å²) in [5, 5.41) is 9.47. The van der Waals surface area contributed by atoms with Crippen LogP contribution < -0.4 is 10.6 Å². The number of amides is 1. The van der Waals surface area contributed by atoms with E-state index in [2.05, 4.69) is 25.8 Å². The zero-order chi connectivity index (χ0) is 15.4. The molecule has 0 radical (unpaired) electrons. The summed E-state index contributed by atoms with van der Waals surface area (Å²) >= 11 is 0. The fraction of sp³-hybridized carbons (Fsp3) is 0.429. The molecule has 0 saturated carbocycles. The summed E-state index contributed by atoms with van der Waals surface area (Å²) in [6, 6.07) is 3.50. The van der Waals surface area contributed by atoms with E-state index in [1.54, 1.807) is 26.1 Å². The molecule has 1 amide bonds. The Morgan fingerprint density at radius 3 is 2.67 bits per heavy atom. The number of carbonyl (C=O) groups excluding carboxylic acids is 1. The summed E-state index contributed by atoms with van der Waals surface area (Å²) in [6.45, 7) is 6.00. The lowest BCUT2D eigenvalue weighted by Gasteiger charge is -2.10. The maximum Gasteiger partial charge on any atom is 0.251 e. The van der Waals surface area contributed by atoms with E-state index in [4.69, 9.17) is 4.52 Å². The SMILES string of the molecule is CNc1cc(C(=O)NCc2noc(C)n2)cc(C(C)C)n1. The van der Waals surface area contributed by atoms with Gasteiger partial charge in [-0.05, 0) is 18.1 Å². The molecule has 21 heavy (non-hydrogen) atoms. The van der Waals surface area contributed by atoms with Crippen molar-refractivity contribution in [1.82, 2.24) is 20.4 Å². The Morgan fingerprint density at radius 2 is 2.10 bits per heavy atom. The monoisotopic (exact) mass is 289 g/mol. The third-order valence-corrected chi connectivity index (χ3v) is 2.93. The number of anilines is 1. The molecule has 2 aromatic heterocycles. The van der Waals surface area contributed by atoms with Gasteiger partial charge >= 0.3 is 0 Å². The summed E-state index contributed by atoms with van der Waals surface area (Å²) in [5.41, 5.74) is 1.42. The third kappa shape index (κ3) is 3.77. The fourth-order valence-electron chi connectivity index (χ4n) is 1.78. The van der Waals surface area contributed by atoms with Crippen molar-refractivity contribution >= 4 is 11.7 Å². The molecule has 0 bridgehead atoms. The molecule has 0 aliphatic carbocycles. The molecule has 0 aliphatic heterocycles. The summed E-state index contributed by atoms with van der Waals surface area (Å²) in [4.78, 5) is 20.7. The molecule has 7 heteroatoms. The highest BCUT2D eigenvalue weighted by atomic mass is 16.5. The first-order valence-corrected chi connectivity index (χ1v) is 6.76. The van der Waals surface area contributed by atoms with Gasteiger partial charge in [0.05, 0.1) is 6.54 Å². The first-order chi connectivity index (χ1) is 9.99. The van der Waals surface area contributed by atoms with Gasteiger partial charge in [0.1, 0.15) is 5.82 Å². The van der Waals surface area contributed by atoms with Gasteiger partial charge in [-0.25, -0.2) is 4.98 Å². The number of rotatable bonds is 5. The second-order valence-electron chi connectivity index (χ2n) is 4.98. The summed E-state index contributed by atoms with van der Waals surface area (Å²) < 4.78 is 4.86. The van der Waals surface area contributed by atoms with Crippen LogP contribution in [0.3, 0.4) is 0 Å². The van der Waals surface area contributed by atoms with Crippen molar-refractivity contribution in [2.24, 2.45) is 0 Å². The number of hydrogen-bond acceptors (Lipinski definition) is 6. The molecule has 0 spiro atoms. The van der Waals surface area contributed by atoms with Crippen molar-refractivity contribution in [2.45, 2.75) is 33.2 Å². The molecule has 0 aromatic carbocycles. The lowest BCUT2D eigenvalue weighted by Crippen LogP contribution is -2.24. The Hall–Kier alpha value is -2.44. The highest BCUT2D eigenvalue weighted by Gasteiger charge is 2.12. The summed E-state index contributed by atoms with van der Waals surface area (Å²) in [5.74, 6) is 1.64. The van der Waals surface area contributed by atoms with E-state index in [-0.39, 0.29) is 18.4 Å². The predicted molar refractivity (Wildman–Crippen MR) is 78.1 cm³/mol.